The van der Waals surface area contributed by atoms with Gasteiger partial charge in [-0.25, -0.2) is 13.6 Å². The molecule has 1 aliphatic rings. The van der Waals surface area contributed by atoms with Crippen molar-refractivity contribution in [3.8, 4) is 0 Å². The predicted molar refractivity (Wildman–Crippen MR) is 76.5 cm³/mol. The first-order valence-corrected chi connectivity index (χ1v) is 7.96. The van der Waals surface area contributed by atoms with Crippen LogP contribution in [-0.2, 0) is 14.8 Å². The van der Waals surface area contributed by atoms with Crippen LogP contribution in [0.1, 0.15) is 19.3 Å². The molecule has 0 bridgehead atoms. The van der Waals surface area contributed by atoms with Gasteiger partial charge < -0.3 is 10.1 Å². The van der Waals surface area contributed by atoms with Crippen molar-refractivity contribution in [3.63, 3.8) is 0 Å². The molecular weight excluding hydrogens is 298 g/mol. The van der Waals surface area contributed by atoms with Gasteiger partial charge in [-0.2, -0.15) is 0 Å². The molecule has 0 heterocycles. The molecule has 2 atom stereocenters. The van der Waals surface area contributed by atoms with Gasteiger partial charge in [-0.15, -0.1) is 0 Å². The number of nitro groups is 1. The highest BCUT2D eigenvalue weighted by atomic mass is 32.2. The first-order chi connectivity index (χ1) is 9.79. The highest BCUT2D eigenvalue weighted by Gasteiger charge is 2.25. The number of nitrogens with zero attached hydrogens (tertiary/aromatic N) is 1. The van der Waals surface area contributed by atoms with E-state index in [9.17, 15) is 18.5 Å². The van der Waals surface area contributed by atoms with Crippen LogP contribution in [0.2, 0.25) is 0 Å². The molecule has 0 saturated heterocycles. The van der Waals surface area contributed by atoms with E-state index in [0.29, 0.717) is 5.69 Å². The second-order valence-electron chi connectivity index (χ2n) is 5.03. The zero-order chi connectivity index (χ0) is 15.6. The summed E-state index contributed by atoms with van der Waals surface area (Å²) in [5, 5.41) is 19.0. The van der Waals surface area contributed by atoms with Crippen molar-refractivity contribution in [2.45, 2.75) is 36.3 Å². The van der Waals surface area contributed by atoms with Crippen LogP contribution in [0.15, 0.2) is 23.1 Å². The third kappa shape index (κ3) is 3.90. The normalized spacial score (nSPS) is 22.2. The largest absolute Gasteiger partial charge is 0.382 e. The summed E-state index contributed by atoms with van der Waals surface area (Å²) in [4.78, 5) is 9.97. The van der Waals surface area contributed by atoms with Crippen molar-refractivity contribution in [1.29, 1.82) is 0 Å². The zero-order valence-electron chi connectivity index (χ0n) is 11.5. The van der Waals surface area contributed by atoms with Crippen LogP contribution in [0.25, 0.3) is 0 Å². The van der Waals surface area contributed by atoms with Crippen molar-refractivity contribution in [3.05, 3.63) is 28.3 Å². The number of hydrogen-bond acceptors (Lipinski definition) is 6. The molecule has 21 heavy (non-hydrogen) atoms. The molecule has 2 rings (SSSR count). The molecule has 0 amide bonds. The quantitative estimate of drug-likeness (QED) is 0.621. The number of benzene rings is 1. The Morgan fingerprint density at radius 2 is 2.10 bits per heavy atom. The lowest BCUT2D eigenvalue weighted by Gasteiger charge is -2.15. The van der Waals surface area contributed by atoms with Gasteiger partial charge in [0.25, 0.3) is 5.69 Å². The smallest absolute Gasteiger partial charge is 0.272 e. The zero-order valence-corrected chi connectivity index (χ0v) is 12.3. The number of nitrogens with one attached hydrogen (secondary N) is 1. The molecule has 8 nitrogen and oxygen atoms in total. The summed E-state index contributed by atoms with van der Waals surface area (Å²) in [6.07, 6.45) is 2.67. The summed E-state index contributed by atoms with van der Waals surface area (Å²) in [5.41, 5.74) is 0.0558. The van der Waals surface area contributed by atoms with E-state index >= 15 is 0 Å². The number of hydrogen-bond donors (Lipinski definition) is 2. The van der Waals surface area contributed by atoms with Gasteiger partial charge in [-0.05, 0) is 25.3 Å². The number of sulfonamides is 1. The Labute approximate surface area is 122 Å². The molecule has 1 aromatic carbocycles. The number of nitro benzene ring substituents is 1. The van der Waals surface area contributed by atoms with Gasteiger partial charge in [-0.1, -0.05) is 0 Å². The van der Waals surface area contributed by atoms with E-state index < -0.39 is 14.9 Å². The highest BCUT2D eigenvalue weighted by molar-refractivity contribution is 7.89. The number of nitrogens with two attached hydrogens (primary N) is 1. The fraction of sp³-hybridized carbons (Fsp3) is 0.500. The number of non-ortho nitro benzene ring substituents is 1. The maximum Gasteiger partial charge on any atom is 0.272 e. The Hall–Kier alpha value is -1.71. The van der Waals surface area contributed by atoms with Crippen molar-refractivity contribution < 1.29 is 18.1 Å². The SMILES string of the molecule is COC1CCC(Nc2cc([N+](=O)[O-])cc(S(N)(=O)=O)c2)C1. The molecule has 1 saturated carbocycles. The van der Waals surface area contributed by atoms with E-state index in [1.54, 1.807) is 7.11 Å². The fourth-order valence-electron chi connectivity index (χ4n) is 2.46. The molecule has 9 heteroatoms. The molecule has 2 unspecified atom stereocenters. The lowest BCUT2D eigenvalue weighted by atomic mass is 10.2. The maximum absolute atomic E-state index is 11.4. The second-order valence-corrected chi connectivity index (χ2v) is 6.59. The monoisotopic (exact) mass is 315 g/mol. The summed E-state index contributed by atoms with van der Waals surface area (Å²) < 4.78 is 28.1. The lowest BCUT2D eigenvalue weighted by Crippen LogP contribution is -2.18. The number of methoxy groups -OCH3 is 1. The summed E-state index contributed by atoms with van der Waals surface area (Å²) in [7, 11) is -2.36. The maximum atomic E-state index is 11.4. The molecule has 1 aromatic rings. The first-order valence-electron chi connectivity index (χ1n) is 6.41. The molecule has 3 N–H and O–H groups in total. The van der Waals surface area contributed by atoms with Gasteiger partial charge in [0, 0.05) is 31.0 Å². The number of rotatable bonds is 5. The molecule has 116 valence electrons. The average Bonchev–Trinajstić information content (AvgIpc) is 2.85. The third-order valence-corrected chi connectivity index (χ3v) is 4.41. The van der Waals surface area contributed by atoms with Crippen LogP contribution in [-0.4, -0.2) is 32.6 Å². The Kier molecular flexibility index (Phi) is 4.45. The van der Waals surface area contributed by atoms with E-state index in [0.717, 1.165) is 25.3 Å². The molecule has 0 radical (unpaired) electrons. The summed E-state index contributed by atoms with van der Waals surface area (Å²) in [6.45, 7) is 0. The predicted octanol–water partition coefficient (Wildman–Crippen LogP) is 1.22. The summed E-state index contributed by atoms with van der Waals surface area (Å²) in [5.74, 6) is 0. The van der Waals surface area contributed by atoms with E-state index in [4.69, 9.17) is 9.88 Å². The summed E-state index contributed by atoms with van der Waals surface area (Å²) >= 11 is 0. The van der Waals surface area contributed by atoms with Gasteiger partial charge in [0.1, 0.15) is 0 Å². The van der Waals surface area contributed by atoms with Gasteiger partial charge in [0.05, 0.1) is 15.9 Å². The van der Waals surface area contributed by atoms with Crippen LogP contribution < -0.4 is 10.5 Å². The van der Waals surface area contributed by atoms with E-state index in [-0.39, 0.29) is 22.7 Å². The van der Waals surface area contributed by atoms with Crippen LogP contribution in [0.3, 0.4) is 0 Å². The molecule has 1 aliphatic carbocycles. The van der Waals surface area contributed by atoms with Gasteiger partial charge >= 0.3 is 0 Å². The van der Waals surface area contributed by atoms with Crippen molar-refractivity contribution >= 4 is 21.4 Å². The van der Waals surface area contributed by atoms with Crippen molar-refractivity contribution in [2.24, 2.45) is 5.14 Å². The molecule has 0 spiro atoms. The minimum Gasteiger partial charge on any atom is -0.382 e. The molecule has 1 fully saturated rings. The van der Waals surface area contributed by atoms with Gasteiger partial charge in [0.15, 0.2) is 0 Å². The number of anilines is 1. The van der Waals surface area contributed by atoms with Crippen LogP contribution in [0, 0.1) is 10.1 Å². The highest BCUT2D eigenvalue weighted by Crippen LogP contribution is 2.28. The Morgan fingerprint density at radius 1 is 1.38 bits per heavy atom. The van der Waals surface area contributed by atoms with Crippen molar-refractivity contribution in [2.75, 3.05) is 12.4 Å². The molecule has 0 aromatic heterocycles. The Morgan fingerprint density at radius 3 is 2.62 bits per heavy atom. The summed E-state index contributed by atoms with van der Waals surface area (Å²) in [6, 6.07) is 3.65. The third-order valence-electron chi connectivity index (χ3n) is 3.52. The fourth-order valence-corrected chi connectivity index (χ4v) is 3.03. The standard InChI is InChI=1S/C12H17N3O5S/c1-20-11-3-2-8(5-11)14-9-4-10(15(16)17)7-12(6-9)21(13,18)19/h4,6-8,11,14H,2-3,5H2,1H3,(H2,13,18,19). The van der Waals surface area contributed by atoms with E-state index in [1.807, 2.05) is 0 Å². The minimum atomic E-state index is -4.00. The lowest BCUT2D eigenvalue weighted by molar-refractivity contribution is -0.385. The van der Waals surface area contributed by atoms with Crippen molar-refractivity contribution in [1.82, 2.24) is 0 Å². The Bertz CT molecular complexity index is 646. The van der Waals surface area contributed by atoms with Crippen LogP contribution in [0.4, 0.5) is 11.4 Å². The first kappa shape index (κ1) is 15.7. The number of ether oxygens (including phenoxy) is 1. The molecule has 0 aliphatic heterocycles. The minimum absolute atomic E-state index is 0.0882. The van der Waals surface area contributed by atoms with Crippen LogP contribution in [0.5, 0.6) is 0 Å². The Balaban J connectivity index is 2.27. The molecular formula is C12H17N3O5S. The van der Waals surface area contributed by atoms with E-state index in [1.165, 1.54) is 12.1 Å². The van der Waals surface area contributed by atoms with E-state index in [2.05, 4.69) is 5.32 Å². The average molecular weight is 315 g/mol. The second kappa shape index (κ2) is 5.96. The topological polar surface area (TPSA) is 125 Å². The number of primary sulfonamides is 1. The van der Waals surface area contributed by atoms with Gasteiger partial charge in [0.2, 0.25) is 10.0 Å². The van der Waals surface area contributed by atoms with Gasteiger partial charge in [-0.3, -0.25) is 10.1 Å². The van der Waals surface area contributed by atoms with Crippen LogP contribution >= 0.6 is 0 Å².